The van der Waals surface area contributed by atoms with E-state index in [-0.39, 0.29) is 11.7 Å². The third kappa shape index (κ3) is 4.50. The molecule has 1 aliphatic carbocycles. The molecule has 28 heavy (non-hydrogen) atoms. The summed E-state index contributed by atoms with van der Waals surface area (Å²) in [6, 6.07) is 15.9. The SMILES string of the molecule is CCOC.O=CC1CCC2(CC1)CC(=O)c1ccc(-c3ccccc3)cc1O2. The Morgan fingerprint density at radius 1 is 1.11 bits per heavy atom. The Hall–Kier alpha value is -2.46. The molecule has 0 atom stereocenters. The fourth-order valence-corrected chi connectivity index (χ4v) is 3.89. The predicted molar refractivity (Wildman–Crippen MR) is 110 cm³/mol. The second-order valence-corrected chi connectivity index (χ2v) is 7.51. The van der Waals surface area contributed by atoms with Crippen molar-refractivity contribution in [2.24, 2.45) is 5.92 Å². The van der Waals surface area contributed by atoms with Crippen molar-refractivity contribution in [1.82, 2.24) is 0 Å². The third-order valence-corrected chi connectivity index (χ3v) is 5.62. The molecule has 4 rings (SSSR count). The quantitative estimate of drug-likeness (QED) is 0.695. The molecule has 2 aliphatic rings. The minimum Gasteiger partial charge on any atom is -0.486 e. The molecule has 0 amide bonds. The van der Waals surface area contributed by atoms with E-state index in [1.165, 1.54) is 0 Å². The summed E-state index contributed by atoms with van der Waals surface area (Å²) in [4.78, 5) is 23.6. The van der Waals surface area contributed by atoms with Gasteiger partial charge in [0.25, 0.3) is 0 Å². The number of hydrogen-bond donors (Lipinski definition) is 0. The lowest BCUT2D eigenvalue weighted by atomic mass is 9.74. The largest absolute Gasteiger partial charge is 0.486 e. The Bertz CT molecular complexity index is 803. The van der Waals surface area contributed by atoms with Crippen molar-refractivity contribution >= 4 is 12.1 Å². The van der Waals surface area contributed by atoms with E-state index in [4.69, 9.17) is 4.74 Å². The van der Waals surface area contributed by atoms with E-state index < -0.39 is 5.60 Å². The number of hydrogen-bond acceptors (Lipinski definition) is 4. The van der Waals surface area contributed by atoms with Crippen LogP contribution in [0.15, 0.2) is 48.5 Å². The Balaban J connectivity index is 0.000000516. The number of ketones is 1. The monoisotopic (exact) mass is 380 g/mol. The Morgan fingerprint density at radius 2 is 1.79 bits per heavy atom. The lowest BCUT2D eigenvalue weighted by molar-refractivity contribution is -0.113. The van der Waals surface area contributed by atoms with Crippen LogP contribution in [0.2, 0.25) is 0 Å². The van der Waals surface area contributed by atoms with Gasteiger partial charge in [0.15, 0.2) is 5.78 Å². The first-order valence-electron chi connectivity index (χ1n) is 9.96. The molecular formula is C24H28O4. The van der Waals surface area contributed by atoms with Gasteiger partial charge in [0.2, 0.25) is 0 Å². The summed E-state index contributed by atoms with van der Waals surface area (Å²) in [6.45, 7) is 2.78. The molecule has 1 saturated carbocycles. The van der Waals surface area contributed by atoms with Crippen LogP contribution >= 0.6 is 0 Å². The highest BCUT2D eigenvalue weighted by atomic mass is 16.5. The number of rotatable bonds is 3. The first kappa shape index (κ1) is 20.3. The molecule has 0 saturated heterocycles. The van der Waals surface area contributed by atoms with Crippen molar-refractivity contribution in [3.05, 3.63) is 54.1 Å². The van der Waals surface area contributed by atoms with Gasteiger partial charge in [-0.05, 0) is 55.9 Å². The average Bonchev–Trinajstić information content (AvgIpc) is 2.74. The molecule has 1 fully saturated rings. The number of carbonyl (C=O) groups excluding carboxylic acids is 2. The van der Waals surface area contributed by atoms with Crippen LogP contribution in [0.5, 0.6) is 5.75 Å². The molecule has 148 valence electrons. The van der Waals surface area contributed by atoms with Crippen molar-refractivity contribution < 1.29 is 19.1 Å². The van der Waals surface area contributed by atoms with E-state index in [1.54, 1.807) is 7.11 Å². The molecule has 0 bridgehead atoms. The van der Waals surface area contributed by atoms with Crippen LogP contribution in [0.3, 0.4) is 0 Å². The topological polar surface area (TPSA) is 52.6 Å². The molecule has 4 heteroatoms. The molecule has 2 aromatic carbocycles. The zero-order valence-electron chi connectivity index (χ0n) is 16.6. The van der Waals surface area contributed by atoms with Gasteiger partial charge < -0.3 is 14.3 Å². The number of Topliss-reactive ketones (excluding diaryl/α,β-unsaturated/α-hetero) is 1. The van der Waals surface area contributed by atoms with Gasteiger partial charge in [-0.3, -0.25) is 4.79 Å². The van der Waals surface area contributed by atoms with E-state index in [2.05, 4.69) is 16.9 Å². The van der Waals surface area contributed by atoms with Crippen LogP contribution in [-0.4, -0.2) is 31.4 Å². The van der Waals surface area contributed by atoms with Crippen molar-refractivity contribution in [2.75, 3.05) is 13.7 Å². The van der Waals surface area contributed by atoms with Crippen molar-refractivity contribution in [3.8, 4) is 16.9 Å². The van der Waals surface area contributed by atoms with E-state index in [9.17, 15) is 9.59 Å². The smallest absolute Gasteiger partial charge is 0.170 e. The Kier molecular flexibility index (Phi) is 6.63. The molecule has 1 heterocycles. The third-order valence-electron chi connectivity index (χ3n) is 5.62. The van der Waals surface area contributed by atoms with Gasteiger partial charge >= 0.3 is 0 Å². The lowest BCUT2D eigenvalue weighted by Crippen LogP contribution is -2.45. The van der Waals surface area contributed by atoms with Gasteiger partial charge in [-0.15, -0.1) is 0 Å². The van der Waals surface area contributed by atoms with E-state index in [0.29, 0.717) is 17.7 Å². The summed E-state index contributed by atoms with van der Waals surface area (Å²) in [5.41, 5.74) is 2.43. The highest BCUT2D eigenvalue weighted by Crippen LogP contribution is 2.44. The van der Waals surface area contributed by atoms with Crippen LogP contribution in [0.25, 0.3) is 11.1 Å². The maximum atomic E-state index is 12.6. The molecule has 1 aliphatic heterocycles. The summed E-state index contributed by atoms with van der Waals surface area (Å²) >= 11 is 0. The predicted octanol–water partition coefficient (Wildman–Crippen LogP) is 5.10. The Labute approximate surface area is 166 Å². The van der Waals surface area contributed by atoms with E-state index in [1.807, 2.05) is 43.3 Å². The number of methoxy groups -OCH3 is 1. The summed E-state index contributed by atoms with van der Waals surface area (Å²) in [6.07, 6.45) is 4.64. The first-order chi connectivity index (χ1) is 13.6. The molecule has 1 spiro atoms. The van der Waals surface area contributed by atoms with Crippen molar-refractivity contribution in [3.63, 3.8) is 0 Å². The molecule has 0 unspecified atom stereocenters. The van der Waals surface area contributed by atoms with Gasteiger partial charge in [-0.25, -0.2) is 0 Å². The minimum absolute atomic E-state index is 0.117. The maximum absolute atomic E-state index is 12.6. The number of ether oxygens (including phenoxy) is 2. The van der Waals surface area contributed by atoms with Crippen LogP contribution < -0.4 is 4.74 Å². The van der Waals surface area contributed by atoms with Crippen LogP contribution in [-0.2, 0) is 9.53 Å². The number of aldehydes is 1. The van der Waals surface area contributed by atoms with Crippen LogP contribution in [0.4, 0.5) is 0 Å². The lowest BCUT2D eigenvalue weighted by Gasteiger charge is -2.42. The zero-order valence-corrected chi connectivity index (χ0v) is 16.6. The number of fused-ring (bicyclic) bond motifs is 1. The van der Waals surface area contributed by atoms with Crippen LogP contribution in [0, 0.1) is 5.92 Å². The second-order valence-electron chi connectivity index (χ2n) is 7.51. The molecule has 0 aromatic heterocycles. The molecule has 0 radical (unpaired) electrons. The maximum Gasteiger partial charge on any atom is 0.170 e. The van der Waals surface area contributed by atoms with Gasteiger partial charge in [-0.2, -0.15) is 0 Å². The summed E-state index contributed by atoms with van der Waals surface area (Å²) in [5, 5.41) is 0. The normalized spacial score (nSPS) is 23.2. The summed E-state index contributed by atoms with van der Waals surface area (Å²) in [5.74, 6) is 0.962. The number of benzene rings is 2. The standard InChI is InChI=1S/C21H20O3.C3H8O/c22-14-15-8-10-21(11-9-15)13-19(23)18-7-6-17(12-20(18)24-21)16-4-2-1-3-5-16;1-3-4-2/h1-7,12,14-15H,8-11,13H2;3H2,1-2H3. The first-order valence-corrected chi connectivity index (χ1v) is 9.96. The highest BCUT2D eigenvalue weighted by Gasteiger charge is 2.43. The molecule has 4 nitrogen and oxygen atoms in total. The average molecular weight is 380 g/mol. The van der Waals surface area contributed by atoms with Gasteiger partial charge in [-0.1, -0.05) is 36.4 Å². The van der Waals surface area contributed by atoms with Crippen LogP contribution in [0.1, 0.15) is 49.4 Å². The fraction of sp³-hybridized carbons (Fsp3) is 0.417. The van der Waals surface area contributed by atoms with Gasteiger partial charge in [0, 0.05) is 19.6 Å². The minimum atomic E-state index is -0.418. The highest BCUT2D eigenvalue weighted by molar-refractivity contribution is 6.01. The summed E-state index contributed by atoms with van der Waals surface area (Å²) in [7, 11) is 1.68. The van der Waals surface area contributed by atoms with E-state index in [0.717, 1.165) is 49.7 Å². The number of carbonyl (C=O) groups is 2. The zero-order chi connectivity index (χ0) is 20.0. The van der Waals surface area contributed by atoms with Gasteiger partial charge in [0.1, 0.15) is 17.6 Å². The summed E-state index contributed by atoms with van der Waals surface area (Å²) < 4.78 is 10.9. The molecular weight excluding hydrogens is 352 g/mol. The van der Waals surface area contributed by atoms with Crippen molar-refractivity contribution in [1.29, 1.82) is 0 Å². The van der Waals surface area contributed by atoms with Gasteiger partial charge in [0.05, 0.1) is 12.0 Å². The molecule has 2 aromatic rings. The van der Waals surface area contributed by atoms with E-state index >= 15 is 0 Å². The second kappa shape index (κ2) is 9.16. The Morgan fingerprint density at radius 3 is 2.39 bits per heavy atom. The van der Waals surface area contributed by atoms with Crippen molar-refractivity contribution in [2.45, 2.75) is 44.6 Å². The fourth-order valence-electron chi connectivity index (χ4n) is 3.89. The molecule has 0 N–H and O–H groups in total.